The van der Waals surface area contributed by atoms with Crippen LogP contribution in [0.15, 0.2) is 35.7 Å². The van der Waals surface area contributed by atoms with Crippen LogP contribution in [0.2, 0.25) is 0 Å². The topological polar surface area (TPSA) is 92.7 Å². The van der Waals surface area contributed by atoms with Gasteiger partial charge in [-0.1, -0.05) is 6.08 Å². The van der Waals surface area contributed by atoms with Crippen molar-refractivity contribution in [2.24, 2.45) is 0 Å². The summed E-state index contributed by atoms with van der Waals surface area (Å²) < 4.78 is 30.0. The van der Waals surface area contributed by atoms with Crippen molar-refractivity contribution in [3.8, 4) is 5.75 Å². The van der Waals surface area contributed by atoms with Crippen LogP contribution < -0.4 is 4.72 Å². The van der Waals surface area contributed by atoms with Gasteiger partial charge in [0.05, 0.1) is 11.5 Å². The first-order valence-corrected chi connectivity index (χ1v) is 7.01. The molecule has 0 saturated carbocycles. The molecule has 0 atom stereocenters. The molecule has 1 aromatic carbocycles. The van der Waals surface area contributed by atoms with Gasteiger partial charge < -0.3 is 9.84 Å². The second-order valence-electron chi connectivity index (χ2n) is 3.61. The van der Waals surface area contributed by atoms with Crippen LogP contribution in [-0.4, -0.2) is 26.2 Å². The highest BCUT2D eigenvalue weighted by Gasteiger charge is 2.19. The molecule has 104 valence electrons. The minimum atomic E-state index is -4.01. The third-order valence-corrected chi connectivity index (χ3v) is 3.53. The van der Waals surface area contributed by atoms with Crippen molar-refractivity contribution in [2.75, 3.05) is 6.61 Å². The van der Waals surface area contributed by atoms with Gasteiger partial charge in [-0.15, -0.1) is 6.58 Å². The van der Waals surface area contributed by atoms with E-state index >= 15 is 0 Å². The number of phenolic OH excluding ortho intramolecular Hbond substituents is 1. The van der Waals surface area contributed by atoms with E-state index in [1.807, 2.05) is 0 Å². The van der Waals surface area contributed by atoms with Crippen molar-refractivity contribution in [1.29, 1.82) is 0 Å². The maximum absolute atomic E-state index is 11.9. The molecule has 1 rings (SSSR count). The van der Waals surface area contributed by atoms with E-state index in [4.69, 9.17) is 0 Å². The van der Waals surface area contributed by atoms with Gasteiger partial charge in [0, 0.05) is 0 Å². The maximum atomic E-state index is 11.9. The van der Waals surface area contributed by atoms with Gasteiger partial charge in [0.15, 0.2) is 0 Å². The number of amides is 1. The molecule has 1 aromatic rings. The van der Waals surface area contributed by atoms with E-state index in [0.717, 1.165) is 0 Å². The summed E-state index contributed by atoms with van der Waals surface area (Å²) in [7, 11) is -4.01. The predicted octanol–water partition coefficient (Wildman–Crippen LogP) is 1.56. The van der Waals surface area contributed by atoms with Crippen LogP contribution in [0.1, 0.15) is 12.5 Å². The van der Waals surface area contributed by atoms with E-state index in [-0.39, 0.29) is 17.3 Å². The number of nitrogens with one attached hydrogen (secondary N) is 1. The Morgan fingerprint density at radius 3 is 2.79 bits per heavy atom. The van der Waals surface area contributed by atoms with Gasteiger partial charge in [-0.3, -0.25) is 0 Å². The molecule has 0 bridgehead atoms. The third-order valence-electron chi connectivity index (χ3n) is 2.22. The molecule has 0 aliphatic heterocycles. The summed E-state index contributed by atoms with van der Waals surface area (Å²) in [6.45, 7) is 5.14. The number of carbonyl (C=O) groups is 1. The number of carbonyl (C=O) groups excluding carboxylic acids is 1. The number of ether oxygens (including phenoxy) is 1. The van der Waals surface area contributed by atoms with Gasteiger partial charge in [0.1, 0.15) is 5.75 Å². The Labute approximate surface area is 111 Å². The van der Waals surface area contributed by atoms with Crippen molar-refractivity contribution in [1.82, 2.24) is 4.72 Å². The average Bonchev–Trinajstić information content (AvgIpc) is 2.31. The molecule has 0 aromatic heterocycles. The first kappa shape index (κ1) is 15.0. The Morgan fingerprint density at radius 2 is 2.21 bits per heavy atom. The largest absolute Gasteiger partial charge is 0.508 e. The Kier molecular flexibility index (Phi) is 4.94. The van der Waals surface area contributed by atoms with E-state index in [1.54, 1.807) is 11.6 Å². The van der Waals surface area contributed by atoms with Gasteiger partial charge in [-0.05, 0) is 37.1 Å². The summed E-state index contributed by atoms with van der Waals surface area (Å²) in [5.41, 5.74) is 0.404. The number of allylic oxidation sites excluding steroid dienone is 1. The van der Waals surface area contributed by atoms with E-state index in [2.05, 4.69) is 11.3 Å². The molecule has 2 N–H and O–H groups in total. The molecule has 0 radical (unpaired) electrons. The highest BCUT2D eigenvalue weighted by atomic mass is 32.2. The second-order valence-corrected chi connectivity index (χ2v) is 5.29. The van der Waals surface area contributed by atoms with E-state index in [0.29, 0.717) is 12.0 Å². The lowest BCUT2D eigenvalue weighted by molar-refractivity contribution is 0.158. The van der Waals surface area contributed by atoms with Crippen molar-refractivity contribution in [2.45, 2.75) is 18.2 Å². The molecule has 1 amide bonds. The quantitative estimate of drug-likeness (QED) is 0.801. The Morgan fingerprint density at radius 1 is 1.53 bits per heavy atom. The highest BCUT2D eigenvalue weighted by Crippen LogP contribution is 2.22. The fraction of sp³-hybridized carbons (Fsp3) is 0.250. The van der Waals surface area contributed by atoms with Crippen LogP contribution in [0.4, 0.5) is 4.79 Å². The fourth-order valence-electron chi connectivity index (χ4n) is 1.38. The van der Waals surface area contributed by atoms with E-state index in [9.17, 15) is 18.3 Å². The third kappa shape index (κ3) is 3.99. The lowest BCUT2D eigenvalue weighted by atomic mass is 10.1. The Balaban J connectivity index is 3.04. The first-order chi connectivity index (χ1) is 8.90. The first-order valence-electron chi connectivity index (χ1n) is 5.53. The maximum Gasteiger partial charge on any atom is 0.421 e. The van der Waals surface area contributed by atoms with Gasteiger partial charge in [0.25, 0.3) is 10.0 Å². The van der Waals surface area contributed by atoms with Gasteiger partial charge in [-0.2, -0.15) is 0 Å². The zero-order valence-corrected chi connectivity index (χ0v) is 11.2. The number of rotatable bonds is 5. The van der Waals surface area contributed by atoms with Gasteiger partial charge in [-0.25, -0.2) is 17.9 Å². The van der Waals surface area contributed by atoms with Gasteiger partial charge >= 0.3 is 6.09 Å². The summed E-state index contributed by atoms with van der Waals surface area (Å²) in [6, 6.07) is 3.72. The van der Waals surface area contributed by atoms with Crippen molar-refractivity contribution >= 4 is 16.1 Å². The van der Waals surface area contributed by atoms with E-state index < -0.39 is 16.1 Å². The minimum absolute atomic E-state index is 0.0324. The summed E-state index contributed by atoms with van der Waals surface area (Å²) in [5.74, 6) is -0.0324. The molecule has 0 aliphatic rings. The number of hydrogen-bond donors (Lipinski definition) is 2. The number of sulfonamides is 1. The highest BCUT2D eigenvalue weighted by molar-refractivity contribution is 7.90. The minimum Gasteiger partial charge on any atom is -0.508 e. The second kappa shape index (κ2) is 6.24. The van der Waals surface area contributed by atoms with Crippen LogP contribution in [-0.2, 0) is 21.2 Å². The molecular formula is C12H15NO5S. The van der Waals surface area contributed by atoms with Crippen molar-refractivity contribution in [3.63, 3.8) is 0 Å². The summed E-state index contributed by atoms with van der Waals surface area (Å²) >= 11 is 0. The Bertz CT molecular complexity index is 580. The molecule has 7 heteroatoms. The SMILES string of the molecule is C=CCc1cc(S(=O)(=O)NC(=O)OCC)ccc1O. The normalized spacial score (nSPS) is 10.8. The fourth-order valence-corrected chi connectivity index (χ4v) is 2.32. The molecule has 0 fully saturated rings. The summed E-state index contributed by atoms with van der Waals surface area (Å²) in [4.78, 5) is 11.0. The number of aromatic hydroxyl groups is 1. The number of hydrogen-bond acceptors (Lipinski definition) is 5. The molecular weight excluding hydrogens is 270 g/mol. The lowest BCUT2D eigenvalue weighted by Gasteiger charge is -2.09. The summed E-state index contributed by atoms with van der Waals surface area (Å²) in [6.07, 6.45) is 0.805. The van der Waals surface area contributed by atoms with Gasteiger partial charge in [0.2, 0.25) is 0 Å². The van der Waals surface area contributed by atoms with Crippen molar-refractivity contribution < 1.29 is 23.1 Å². The van der Waals surface area contributed by atoms with Crippen LogP contribution in [0, 0.1) is 0 Å². The van der Waals surface area contributed by atoms with Crippen LogP contribution >= 0.6 is 0 Å². The van der Waals surface area contributed by atoms with E-state index in [1.165, 1.54) is 24.3 Å². The van der Waals surface area contributed by atoms with Crippen LogP contribution in [0.5, 0.6) is 5.75 Å². The number of benzene rings is 1. The molecule has 6 nitrogen and oxygen atoms in total. The lowest BCUT2D eigenvalue weighted by Crippen LogP contribution is -2.31. The molecule has 0 heterocycles. The zero-order valence-electron chi connectivity index (χ0n) is 10.4. The van der Waals surface area contributed by atoms with Crippen LogP contribution in [0.3, 0.4) is 0 Å². The molecule has 0 unspecified atom stereocenters. The summed E-state index contributed by atoms with van der Waals surface area (Å²) in [5, 5.41) is 9.54. The van der Waals surface area contributed by atoms with Crippen LogP contribution in [0.25, 0.3) is 0 Å². The smallest absolute Gasteiger partial charge is 0.421 e. The van der Waals surface area contributed by atoms with Crippen molar-refractivity contribution in [3.05, 3.63) is 36.4 Å². The molecule has 0 spiro atoms. The molecule has 19 heavy (non-hydrogen) atoms. The average molecular weight is 285 g/mol. The standard InChI is InChI=1S/C12H15NO5S/c1-3-5-9-8-10(6-7-11(9)14)19(16,17)13-12(15)18-4-2/h3,6-8,14H,1,4-5H2,2H3,(H,13,15). The number of phenols is 1. The Hall–Kier alpha value is -2.02. The molecule has 0 saturated heterocycles. The molecule has 0 aliphatic carbocycles. The zero-order chi connectivity index (χ0) is 14.5. The predicted molar refractivity (Wildman–Crippen MR) is 69.4 cm³/mol. The monoisotopic (exact) mass is 285 g/mol.